The second-order valence-corrected chi connectivity index (χ2v) is 9.50. The van der Waals surface area contributed by atoms with E-state index < -0.39 is 15.9 Å². The maximum Gasteiger partial charge on any atom is 0.269 e. The molecule has 0 spiro atoms. The van der Waals surface area contributed by atoms with E-state index in [1.54, 1.807) is 0 Å². The minimum atomic E-state index is -3.63. The molecular formula is C18H18Cl3N3O3S. The summed E-state index contributed by atoms with van der Waals surface area (Å²) in [5.41, 5.74) is 5.59. The van der Waals surface area contributed by atoms with Crippen molar-refractivity contribution in [3.63, 3.8) is 0 Å². The lowest BCUT2D eigenvalue weighted by Crippen LogP contribution is -2.36. The smallest absolute Gasteiger partial charge is 0.269 e. The predicted molar refractivity (Wildman–Crippen MR) is 112 cm³/mol. The lowest BCUT2D eigenvalue weighted by atomic mass is 10.2. The molecule has 2 aromatic carbocycles. The highest BCUT2D eigenvalue weighted by atomic mass is 35.5. The Kier molecular flexibility index (Phi) is 6.73. The lowest BCUT2D eigenvalue weighted by molar-refractivity contribution is 0.0962. The second-order valence-electron chi connectivity index (χ2n) is 6.32. The largest absolute Gasteiger partial charge is 0.295 e. The van der Waals surface area contributed by atoms with E-state index >= 15 is 0 Å². The Balaban J connectivity index is 1.76. The van der Waals surface area contributed by atoms with E-state index in [-0.39, 0.29) is 26.2 Å². The number of rotatable bonds is 5. The van der Waals surface area contributed by atoms with Gasteiger partial charge in [-0.25, -0.2) is 8.42 Å². The number of hydrogen-bond donors (Lipinski definition) is 2. The number of anilines is 1. The summed E-state index contributed by atoms with van der Waals surface area (Å²) >= 11 is 18.0. The molecule has 0 bridgehead atoms. The number of nitrogens with one attached hydrogen (secondary N) is 2. The van der Waals surface area contributed by atoms with E-state index in [4.69, 9.17) is 34.8 Å². The molecule has 3 rings (SSSR count). The minimum Gasteiger partial charge on any atom is -0.295 e. The van der Waals surface area contributed by atoms with Crippen molar-refractivity contribution < 1.29 is 13.2 Å². The third-order valence-corrected chi connectivity index (χ3v) is 7.07. The Hall–Kier alpha value is -1.51. The summed E-state index contributed by atoms with van der Waals surface area (Å²) in [4.78, 5) is 12.6. The van der Waals surface area contributed by atoms with Gasteiger partial charge in [0, 0.05) is 23.7 Å². The van der Waals surface area contributed by atoms with Crippen LogP contribution in [0.5, 0.6) is 0 Å². The molecule has 1 aliphatic heterocycles. The van der Waals surface area contributed by atoms with E-state index in [1.807, 2.05) is 0 Å². The maximum absolute atomic E-state index is 12.8. The van der Waals surface area contributed by atoms with Crippen LogP contribution in [-0.2, 0) is 10.0 Å². The number of hydrogen-bond acceptors (Lipinski definition) is 4. The summed E-state index contributed by atoms with van der Waals surface area (Å²) in [6, 6.07) is 8.86. The molecular weight excluding hydrogens is 445 g/mol. The van der Waals surface area contributed by atoms with E-state index in [2.05, 4.69) is 10.9 Å². The van der Waals surface area contributed by atoms with Gasteiger partial charge in [-0.1, -0.05) is 47.3 Å². The van der Waals surface area contributed by atoms with Crippen LogP contribution in [0.2, 0.25) is 15.1 Å². The summed E-state index contributed by atoms with van der Waals surface area (Å²) < 4.78 is 27.0. The Morgan fingerprint density at radius 1 is 0.964 bits per heavy atom. The van der Waals surface area contributed by atoms with Crippen LogP contribution < -0.4 is 10.9 Å². The Bertz CT molecular complexity index is 970. The number of carbonyl (C=O) groups excluding carboxylic acids is 1. The van der Waals surface area contributed by atoms with Crippen molar-refractivity contribution in [2.45, 2.75) is 24.2 Å². The normalized spacial score (nSPS) is 15.2. The van der Waals surface area contributed by atoms with Gasteiger partial charge >= 0.3 is 0 Å². The molecule has 28 heavy (non-hydrogen) atoms. The van der Waals surface area contributed by atoms with Crippen molar-refractivity contribution in [3.8, 4) is 0 Å². The van der Waals surface area contributed by atoms with Gasteiger partial charge in [0.15, 0.2) is 0 Å². The maximum atomic E-state index is 12.8. The third kappa shape index (κ3) is 4.72. The number of sulfonamides is 1. The van der Waals surface area contributed by atoms with Gasteiger partial charge in [0.25, 0.3) is 5.91 Å². The summed E-state index contributed by atoms with van der Waals surface area (Å²) in [6.45, 7) is 0.988. The molecule has 10 heteroatoms. The summed E-state index contributed by atoms with van der Waals surface area (Å²) in [5.74, 6) is -0.530. The quantitative estimate of drug-likeness (QED) is 0.638. The summed E-state index contributed by atoms with van der Waals surface area (Å²) in [7, 11) is -3.63. The average Bonchev–Trinajstić information content (AvgIpc) is 2.67. The Labute approximate surface area is 178 Å². The third-order valence-electron chi connectivity index (χ3n) is 4.36. The average molecular weight is 463 g/mol. The first-order chi connectivity index (χ1) is 13.3. The molecule has 0 atom stereocenters. The summed E-state index contributed by atoms with van der Waals surface area (Å²) in [6.07, 6.45) is 2.70. The summed E-state index contributed by atoms with van der Waals surface area (Å²) in [5, 5.41) is 0.834. The SMILES string of the molecule is O=C(NNc1c(Cl)cc(Cl)cc1Cl)c1cccc(S(=O)(=O)N2CCCCC2)c1. The molecule has 0 aromatic heterocycles. The fourth-order valence-corrected chi connectivity index (χ4v) is 5.38. The molecule has 1 aliphatic rings. The number of halogens is 3. The molecule has 1 saturated heterocycles. The van der Waals surface area contributed by atoms with Crippen molar-refractivity contribution in [2.24, 2.45) is 0 Å². The highest BCUT2D eigenvalue weighted by Gasteiger charge is 2.26. The molecule has 6 nitrogen and oxygen atoms in total. The Morgan fingerprint density at radius 2 is 1.61 bits per heavy atom. The number of amides is 1. The van der Waals surface area contributed by atoms with Gasteiger partial charge in [-0.05, 0) is 43.2 Å². The second kappa shape index (κ2) is 8.88. The number of benzene rings is 2. The van der Waals surface area contributed by atoms with Crippen molar-refractivity contribution in [3.05, 3.63) is 57.0 Å². The zero-order chi connectivity index (χ0) is 20.3. The van der Waals surface area contributed by atoms with E-state index in [0.717, 1.165) is 19.3 Å². The van der Waals surface area contributed by atoms with Crippen LogP contribution >= 0.6 is 34.8 Å². The lowest BCUT2D eigenvalue weighted by Gasteiger charge is -2.26. The van der Waals surface area contributed by atoms with Gasteiger partial charge in [0.05, 0.1) is 20.6 Å². The fourth-order valence-electron chi connectivity index (χ4n) is 2.91. The monoisotopic (exact) mass is 461 g/mol. The van der Waals surface area contributed by atoms with Gasteiger partial charge in [0.1, 0.15) is 0 Å². The molecule has 1 fully saturated rings. The first kappa shape index (κ1) is 21.2. The molecule has 0 saturated carbocycles. The standard InChI is InChI=1S/C18H18Cl3N3O3S/c19-13-10-15(20)17(16(21)11-13)22-23-18(25)12-5-4-6-14(9-12)28(26,27)24-7-2-1-3-8-24/h4-6,9-11,22H,1-3,7-8H2,(H,23,25). The van der Waals surface area contributed by atoms with Crippen LogP contribution in [0.1, 0.15) is 29.6 Å². The van der Waals surface area contributed by atoms with Crippen LogP contribution in [0.25, 0.3) is 0 Å². The van der Waals surface area contributed by atoms with Crippen LogP contribution in [0.4, 0.5) is 5.69 Å². The van der Waals surface area contributed by atoms with Crippen molar-refractivity contribution in [1.82, 2.24) is 9.73 Å². The number of hydrazine groups is 1. The van der Waals surface area contributed by atoms with Gasteiger partial charge in [-0.15, -0.1) is 0 Å². The number of piperidine rings is 1. The minimum absolute atomic E-state index is 0.0876. The molecule has 150 valence electrons. The van der Waals surface area contributed by atoms with Crippen LogP contribution in [0.3, 0.4) is 0 Å². The van der Waals surface area contributed by atoms with Gasteiger partial charge in [-0.2, -0.15) is 4.31 Å². The van der Waals surface area contributed by atoms with Crippen molar-refractivity contribution in [1.29, 1.82) is 0 Å². The van der Waals surface area contributed by atoms with Gasteiger partial charge in [-0.3, -0.25) is 15.6 Å². The predicted octanol–water partition coefficient (Wildman–Crippen LogP) is 4.58. The van der Waals surface area contributed by atoms with E-state index in [0.29, 0.717) is 18.1 Å². The first-order valence-corrected chi connectivity index (χ1v) is 11.2. The number of carbonyl (C=O) groups is 1. The molecule has 2 aromatic rings. The molecule has 2 N–H and O–H groups in total. The molecule has 1 heterocycles. The van der Waals surface area contributed by atoms with Crippen LogP contribution in [0.15, 0.2) is 41.3 Å². The highest BCUT2D eigenvalue weighted by molar-refractivity contribution is 7.89. The highest BCUT2D eigenvalue weighted by Crippen LogP contribution is 2.33. The molecule has 0 aliphatic carbocycles. The topological polar surface area (TPSA) is 78.5 Å². The van der Waals surface area contributed by atoms with Crippen molar-refractivity contribution >= 4 is 56.4 Å². The molecule has 0 unspecified atom stereocenters. The zero-order valence-corrected chi connectivity index (χ0v) is 17.8. The molecule has 0 radical (unpaired) electrons. The van der Waals surface area contributed by atoms with Gasteiger partial charge in [0.2, 0.25) is 10.0 Å². The van der Waals surface area contributed by atoms with E-state index in [1.165, 1.54) is 40.7 Å². The number of nitrogens with zero attached hydrogens (tertiary/aromatic N) is 1. The first-order valence-electron chi connectivity index (χ1n) is 8.60. The fraction of sp³-hybridized carbons (Fsp3) is 0.278. The van der Waals surface area contributed by atoms with Crippen LogP contribution in [0, 0.1) is 0 Å². The van der Waals surface area contributed by atoms with Crippen molar-refractivity contribution in [2.75, 3.05) is 18.5 Å². The van der Waals surface area contributed by atoms with Gasteiger partial charge < -0.3 is 0 Å². The zero-order valence-electron chi connectivity index (χ0n) is 14.7. The molecule has 1 amide bonds. The van der Waals surface area contributed by atoms with E-state index in [9.17, 15) is 13.2 Å². The van der Waals surface area contributed by atoms with Crippen LogP contribution in [-0.4, -0.2) is 31.7 Å². The Morgan fingerprint density at radius 3 is 2.25 bits per heavy atom.